The molecule has 4 heteroatoms. The Bertz CT molecular complexity index is 733. The van der Waals surface area contributed by atoms with Gasteiger partial charge in [0.05, 0.1) is 6.61 Å². The molecule has 3 aromatic rings. The van der Waals surface area contributed by atoms with E-state index < -0.39 is 0 Å². The smallest absolute Gasteiger partial charge is 0.137 e. The van der Waals surface area contributed by atoms with Crippen molar-refractivity contribution in [1.29, 1.82) is 0 Å². The molecule has 3 rings (SSSR count). The molecule has 0 aliphatic rings. The Labute approximate surface area is 117 Å². The highest BCUT2D eigenvalue weighted by molar-refractivity contribution is 5.93. The molecule has 1 aromatic carbocycles. The highest BCUT2D eigenvalue weighted by Crippen LogP contribution is 2.31. The summed E-state index contributed by atoms with van der Waals surface area (Å²) in [6.45, 7) is 3.08. The molecular formula is C16H17N3O. The van der Waals surface area contributed by atoms with Crippen molar-refractivity contribution in [2.45, 2.75) is 13.5 Å². The van der Waals surface area contributed by atoms with E-state index in [1.807, 2.05) is 43.6 Å². The molecule has 102 valence electrons. The van der Waals surface area contributed by atoms with E-state index in [0.717, 1.165) is 33.5 Å². The number of nitrogens with one attached hydrogen (secondary N) is 1. The van der Waals surface area contributed by atoms with Gasteiger partial charge in [0.25, 0.3) is 0 Å². The van der Waals surface area contributed by atoms with Crippen molar-refractivity contribution < 1.29 is 4.74 Å². The molecular weight excluding hydrogens is 250 g/mol. The lowest BCUT2D eigenvalue weighted by molar-refractivity contribution is 0.337. The van der Waals surface area contributed by atoms with Gasteiger partial charge in [-0.2, -0.15) is 0 Å². The standard InChI is InChI=1S/C16H17N3O/c1-2-20-15-9-11(3-4-12(15)10-17)13-5-7-18-16-14(13)6-8-19-16/h3-9H,2,10,17H2,1H3,(H,18,19). The maximum absolute atomic E-state index is 5.75. The monoisotopic (exact) mass is 267 g/mol. The van der Waals surface area contributed by atoms with Crippen LogP contribution in [-0.2, 0) is 6.54 Å². The molecule has 0 amide bonds. The van der Waals surface area contributed by atoms with E-state index in [9.17, 15) is 0 Å². The van der Waals surface area contributed by atoms with Crippen LogP contribution in [-0.4, -0.2) is 16.6 Å². The van der Waals surface area contributed by atoms with Gasteiger partial charge in [0.15, 0.2) is 0 Å². The molecule has 0 fully saturated rings. The molecule has 0 saturated heterocycles. The van der Waals surface area contributed by atoms with Gasteiger partial charge < -0.3 is 15.5 Å². The van der Waals surface area contributed by atoms with Crippen LogP contribution in [0, 0.1) is 0 Å². The summed E-state index contributed by atoms with van der Waals surface area (Å²) in [5.74, 6) is 0.855. The molecule has 0 atom stereocenters. The van der Waals surface area contributed by atoms with E-state index in [4.69, 9.17) is 10.5 Å². The van der Waals surface area contributed by atoms with E-state index in [0.29, 0.717) is 13.2 Å². The average Bonchev–Trinajstić information content (AvgIpc) is 2.96. The number of nitrogens with zero attached hydrogens (tertiary/aromatic N) is 1. The van der Waals surface area contributed by atoms with Crippen LogP contribution in [0.4, 0.5) is 0 Å². The summed E-state index contributed by atoms with van der Waals surface area (Å²) < 4.78 is 5.68. The molecule has 0 spiro atoms. The lowest BCUT2D eigenvalue weighted by atomic mass is 10.0. The fourth-order valence-corrected chi connectivity index (χ4v) is 2.39. The second kappa shape index (κ2) is 5.35. The fourth-order valence-electron chi connectivity index (χ4n) is 2.39. The van der Waals surface area contributed by atoms with Gasteiger partial charge in [-0.3, -0.25) is 0 Å². The van der Waals surface area contributed by atoms with E-state index in [2.05, 4.69) is 16.0 Å². The minimum absolute atomic E-state index is 0.478. The van der Waals surface area contributed by atoms with Crippen LogP contribution < -0.4 is 10.5 Å². The Morgan fingerprint density at radius 3 is 2.95 bits per heavy atom. The van der Waals surface area contributed by atoms with Crippen LogP contribution in [0.2, 0.25) is 0 Å². The number of H-pyrrole nitrogens is 1. The summed E-state index contributed by atoms with van der Waals surface area (Å²) in [5.41, 5.74) is 9.91. The third kappa shape index (κ3) is 2.14. The molecule has 20 heavy (non-hydrogen) atoms. The van der Waals surface area contributed by atoms with Gasteiger partial charge in [0.1, 0.15) is 11.4 Å². The van der Waals surface area contributed by atoms with Crippen molar-refractivity contribution in [3.63, 3.8) is 0 Å². The Balaban J connectivity index is 2.14. The van der Waals surface area contributed by atoms with Gasteiger partial charge in [0.2, 0.25) is 0 Å². The summed E-state index contributed by atoms with van der Waals surface area (Å²) >= 11 is 0. The minimum Gasteiger partial charge on any atom is -0.494 e. The highest BCUT2D eigenvalue weighted by atomic mass is 16.5. The van der Waals surface area contributed by atoms with Crippen LogP contribution in [0.25, 0.3) is 22.2 Å². The molecule has 0 unspecified atom stereocenters. The zero-order valence-corrected chi connectivity index (χ0v) is 11.4. The van der Waals surface area contributed by atoms with Crippen LogP contribution in [0.15, 0.2) is 42.7 Å². The third-order valence-electron chi connectivity index (χ3n) is 3.36. The number of benzene rings is 1. The Hall–Kier alpha value is -2.33. The Morgan fingerprint density at radius 2 is 2.15 bits per heavy atom. The summed E-state index contributed by atoms with van der Waals surface area (Å²) in [6.07, 6.45) is 3.71. The van der Waals surface area contributed by atoms with E-state index in [1.165, 1.54) is 0 Å². The SMILES string of the molecule is CCOc1cc(-c2ccnc3[nH]ccc23)ccc1CN. The van der Waals surface area contributed by atoms with Gasteiger partial charge >= 0.3 is 0 Å². The van der Waals surface area contributed by atoms with Crippen molar-refractivity contribution in [3.8, 4) is 16.9 Å². The third-order valence-corrected chi connectivity index (χ3v) is 3.36. The van der Waals surface area contributed by atoms with Crippen LogP contribution in [0.3, 0.4) is 0 Å². The van der Waals surface area contributed by atoms with Crippen molar-refractivity contribution in [2.24, 2.45) is 5.73 Å². The van der Waals surface area contributed by atoms with Gasteiger partial charge in [0, 0.05) is 29.9 Å². The molecule has 2 aromatic heterocycles. The Kier molecular flexibility index (Phi) is 3.39. The molecule has 0 aliphatic carbocycles. The molecule has 3 N–H and O–H groups in total. The number of aromatic amines is 1. The maximum Gasteiger partial charge on any atom is 0.137 e. The first-order valence-corrected chi connectivity index (χ1v) is 6.71. The second-order valence-electron chi connectivity index (χ2n) is 4.56. The zero-order chi connectivity index (χ0) is 13.9. The number of hydrogen-bond donors (Lipinski definition) is 2. The minimum atomic E-state index is 0.478. The summed E-state index contributed by atoms with van der Waals surface area (Å²) in [7, 11) is 0. The number of aromatic nitrogens is 2. The molecule has 4 nitrogen and oxygen atoms in total. The van der Waals surface area contributed by atoms with E-state index >= 15 is 0 Å². The predicted octanol–water partition coefficient (Wildman–Crippen LogP) is 3.09. The molecule has 2 heterocycles. The number of fused-ring (bicyclic) bond motifs is 1. The van der Waals surface area contributed by atoms with Gasteiger partial charge in [-0.25, -0.2) is 4.98 Å². The first-order chi connectivity index (χ1) is 9.83. The second-order valence-corrected chi connectivity index (χ2v) is 4.56. The summed E-state index contributed by atoms with van der Waals surface area (Å²) in [6, 6.07) is 10.2. The topological polar surface area (TPSA) is 63.9 Å². The zero-order valence-electron chi connectivity index (χ0n) is 11.4. The first-order valence-electron chi connectivity index (χ1n) is 6.71. The lowest BCUT2D eigenvalue weighted by Gasteiger charge is -2.11. The molecule has 0 bridgehead atoms. The van der Waals surface area contributed by atoms with Crippen molar-refractivity contribution in [2.75, 3.05) is 6.61 Å². The molecule has 0 aliphatic heterocycles. The largest absolute Gasteiger partial charge is 0.494 e. The highest BCUT2D eigenvalue weighted by Gasteiger charge is 2.09. The van der Waals surface area contributed by atoms with Crippen LogP contribution >= 0.6 is 0 Å². The van der Waals surface area contributed by atoms with Crippen LogP contribution in [0.5, 0.6) is 5.75 Å². The number of nitrogens with two attached hydrogens (primary N) is 1. The lowest BCUT2D eigenvalue weighted by Crippen LogP contribution is -2.02. The van der Waals surface area contributed by atoms with Crippen LogP contribution in [0.1, 0.15) is 12.5 Å². The summed E-state index contributed by atoms with van der Waals surface area (Å²) in [4.78, 5) is 7.44. The molecule has 0 radical (unpaired) electrons. The van der Waals surface area contributed by atoms with Crippen molar-refractivity contribution in [1.82, 2.24) is 9.97 Å². The fraction of sp³-hybridized carbons (Fsp3) is 0.188. The summed E-state index contributed by atoms with van der Waals surface area (Å²) in [5, 5.41) is 1.11. The number of pyridine rings is 1. The first kappa shape index (κ1) is 12.7. The van der Waals surface area contributed by atoms with Gasteiger partial charge in [-0.05, 0) is 36.2 Å². The van der Waals surface area contributed by atoms with Crippen molar-refractivity contribution in [3.05, 3.63) is 48.3 Å². The van der Waals surface area contributed by atoms with Crippen molar-refractivity contribution >= 4 is 11.0 Å². The van der Waals surface area contributed by atoms with E-state index in [-0.39, 0.29) is 0 Å². The van der Waals surface area contributed by atoms with E-state index in [1.54, 1.807) is 0 Å². The maximum atomic E-state index is 5.75. The number of hydrogen-bond acceptors (Lipinski definition) is 3. The average molecular weight is 267 g/mol. The number of ether oxygens (including phenoxy) is 1. The molecule has 0 saturated carbocycles. The number of rotatable bonds is 4. The quantitative estimate of drug-likeness (QED) is 0.763. The van der Waals surface area contributed by atoms with Gasteiger partial charge in [-0.1, -0.05) is 12.1 Å². The normalized spacial score (nSPS) is 10.9. The Morgan fingerprint density at radius 1 is 1.25 bits per heavy atom. The van der Waals surface area contributed by atoms with Gasteiger partial charge in [-0.15, -0.1) is 0 Å². The predicted molar refractivity (Wildman–Crippen MR) is 80.6 cm³/mol.